The smallest absolute Gasteiger partial charge is 0.305 e. The second-order valence-electron chi connectivity index (χ2n) is 9.91. The maximum absolute atomic E-state index is 13.2. The van der Waals surface area contributed by atoms with Gasteiger partial charge in [-0.1, -0.05) is 63.2 Å². The molecule has 35 heavy (non-hydrogen) atoms. The van der Waals surface area contributed by atoms with E-state index in [1.165, 1.54) is 10.7 Å². The van der Waals surface area contributed by atoms with Crippen LogP contribution in [0.5, 0.6) is 5.88 Å². The Hall–Kier alpha value is -3.65. The molecule has 1 amide bonds. The largest absolute Gasteiger partial charge is 0.481 e. The van der Waals surface area contributed by atoms with Crippen LogP contribution in [0.25, 0.3) is 5.69 Å². The average Bonchev–Trinajstić information content (AvgIpc) is 3.22. The Balaban J connectivity index is 1.92. The molecule has 0 aliphatic rings. The lowest BCUT2D eigenvalue weighted by atomic mass is 9.78. The number of amides is 1. The molecule has 0 radical (unpaired) electrons. The second-order valence-corrected chi connectivity index (χ2v) is 9.91. The molecular weight excluding hydrogens is 446 g/mol. The van der Waals surface area contributed by atoms with Gasteiger partial charge in [-0.25, -0.2) is 4.68 Å². The van der Waals surface area contributed by atoms with Crippen LogP contribution in [0.1, 0.15) is 61.8 Å². The second kappa shape index (κ2) is 10.3. The number of carbonyl (C=O) groups is 2. The van der Waals surface area contributed by atoms with Gasteiger partial charge in [-0.15, -0.1) is 0 Å². The number of nitrogens with one attached hydrogen (secondary N) is 1. The van der Waals surface area contributed by atoms with Crippen molar-refractivity contribution in [1.29, 1.82) is 0 Å². The SMILES string of the molecule is Cc1ccccc1[C@H](CC(=O)O)NC(=O)c1cc(OC[C@](C)(O)C(C)(C)C)n(-c2ccccc2)n1. The number of rotatable bonds is 9. The highest BCUT2D eigenvalue weighted by molar-refractivity contribution is 5.93. The third kappa shape index (κ3) is 6.27. The summed E-state index contributed by atoms with van der Waals surface area (Å²) in [4.78, 5) is 24.7. The van der Waals surface area contributed by atoms with Gasteiger partial charge < -0.3 is 20.3 Å². The minimum atomic E-state index is -1.14. The first-order chi connectivity index (χ1) is 16.4. The van der Waals surface area contributed by atoms with Crippen molar-refractivity contribution in [1.82, 2.24) is 15.1 Å². The lowest BCUT2D eigenvalue weighted by Gasteiger charge is -2.36. The number of aliphatic carboxylic acids is 1. The van der Waals surface area contributed by atoms with E-state index in [9.17, 15) is 19.8 Å². The molecule has 2 aromatic carbocycles. The molecule has 0 saturated heterocycles. The minimum absolute atomic E-state index is 0.0130. The molecule has 0 bridgehead atoms. The summed E-state index contributed by atoms with van der Waals surface area (Å²) < 4.78 is 7.46. The number of carboxylic acids is 1. The molecule has 0 spiro atoms. The third-order valence-electron chi connectivity index (χ3n) is 6.27. The fraction of sp³-hybridized carbons (Fsp3) is 0.370. The van der Waals surface area contributed by atoms with E-state index in [-0.39, 0.29) is 24.6 Å². The Kier molecular flexibility index (Phi) is 7.65. The van der Waals surface area contributed by atoms with Crippen LogP contribution in [0, 0.1) is 12.3 Å². The summed E-state index contributed by atoms with van der Waals surface area (Å²) in [6, 6.07) is 17.3. The number of aryl methyl sites for hydroxylation is 1. The highest BCUT2D eigenvalue weighted by Crippen LogP contribution is 2.31. The standard InChI is InChI=1S/C27H33N3O5/c1-18-11-9-10-14-20(18)21(16-24(31)32)28-25(33)22-15-23(35-17-27(5,34)26(2,3)4)30(29-22)19-12-7-6-8-13-19/h6-15,21,34H,16-17H2,1-5H3,(H,28,33)(H,31,32)/t21-,27-/m0/s1. The maximum Gasteiger partial charge on any atom is 0.305 e. The molecule has 0 unspecified atom stereocenters. The van der Waals surface area contributed by atoms with Crippen molar-refractivity contribution in [3.8, 4) is 11.6 Å². The number of carboxylic acid groups (broad SMARTS) is 1. The van der Waals surface area contributed by atoms with Gasteiger partial charge in [0, 0.05) is 6.07 Å². The molecule has 0 fully saturated rings. The number of aromatic nitrogens is 2. The van der Waals surface area contributed by atoms with Gasteiger partial charge in [-0.05, 0) is 42.5 Å². The molecule has 3 N–H and O–H groups in total. The van der Waals surface area contributed by atoms with Gasteiger partial charge in [-0.3, -0.25) is 9.59 Å². The molecule has 0 saturated carbocycles. The molecule has 0 aliphatic carbocycles. The number of nitrogens with zero attached hydrogens (tertiary/aromatic N) is 2. The normalized spacial score (nSPS) is 14.1. The van der Waals surface area contributed by atoms with E-state index in [4.69, 9.17) is 4.74 Å². The van der Waals surface area contributed by atoms with E-state index >= 15 is 0 Å². The number of hydrogen-bond donors (Lipinski definition) is 3. The molecular formula is C27H33N3O5. The van der Waals surface area contributed by atoms with E-state index in [1.54, 1.807) is 19.1 Å². The van der Waals surface area contributed by atoms with Gasteiger partial charge in [0.25, 0.3) is 5.91 Å². The van der Waals surface area contributed by atoms with Crippen molar-refractivity contribution in [3.05, 3.63) is 77.5 Å². The zero-order chi connectivity index (χ0) is 25.8. The van der Waals surface area contributed by atoms with Crippen LogP contribution < -0.4 is 10.1 Å². The van der Waals surface area contributed by atoms with Gasteiger partial charge in [0.05, 0.1) is 18.2 Å². The number of carbonyl (C=O) groups excluding carboxylic acids is 1. The maximum atomic E-state index is 13.2. The molecule has 1 aromatic heterocycles. The fourth-order valence-corrected chi connectivity index (χ4v) is 3.39. The van der Waals surface area contributed by atoms with Crippen molar-refractivity contribution in [2.45, 2.75) is 52.7 Å². The predicted molar refractivity (Wildman–Crippen MR) is 133 cm³/mol. The van der Waals surface area contributed by atoms with Gasteiger partial charge >= 0.3 is 5.97 Å². The van der Waals surface area contributed by atoms with Crippen LogP contribution in [0.3, 0.4) is 0 Å². The number of ether oxygens (including phenoxy) is 1. The Bertz CT molecular complexity index is 1180. The zero-order valence-corrected chi connectivity index (χ0v) is 20.8. The summed E-state index contributed by atoms with van der Waals surface area (Å²) in [5.41, 5.74) is 0.771. The fourth-order valence-electron chi connectivity index (χ4n) is 3.39. The summed E-state index contributed by atoms with van der Waals surface area (Å²) in [5, 5.41) is 27.5. The Morgan fingerprint density at radius 3 is 2.29 bits per heavy atom. The predicted octanol–water partition coefficient (Wildman–Crippen LogP) is 4.30. The van der Waals surface area contributed by atoms with Gasteiger partial charge in [0.2, 0.25) is 5.88 Å². The van der Waals surface area contributed by atoms with Crippen molar-refractivity contribution in [2.75, 3.05) is 6.61 Å². The van der Waals surface area contributed by atoms with E-state index in [0.29, 0.717) is 5.69 Å². The van der Waals surface area contributed by atoms with Gasteiger partial charge in [0.1, 0.15) is 12.2 Å². The summed E-state index contributed by atoms with van der Waals surface area (Å²) in [5.74, 6) is -1.26. The molecule has 3 rings (SSSR count). The van der Waals surface area contributed by atoms with E-state index < -0.39 is 28.9 Å². The Labute approximate surface area is 205 Å². The lowest BCUT2D eigenvalue weighted by Crippen LogP contribution is -2.45. The lowest BCUT2D eigenvalue weighted by molar-refractivity contribution is -0.137. The van der Waals surface area contributed by atoms with E-state index in [2.05, 4.69) is 10.4 Å². The third-order valence-corrected chi connectivity index (χ3v) is 6.27. The summed E-state index contributed by atoms with van der Waals surface area (Å²) >= 11 is 0. The number of aliphatic hydroxyl groups is 1. The summed E-state index contributed by atoms with van der Waals surface area (Å²) in [6.07, 6.45) is -0.270. The average molecular weight is 480 g/mol. The molecule has 3 aromatic rings. The molecule has 186 valence electrons. The molecule has 1 heterocycles. The molecule has 0 aliphatic heterocycles. The van der Waals surface area contributed by atoms with Crippen molar-refractivity contribution >= 4 is 11.9 Å². The van der Waals surface area contributed by atoms with Crippen LogP contribution in [0.2, 0.25) is 0 Å². The van der Waals surface area contributed by atoms with Crippen LogP contribution in [-0.4, -0.2) is 44.1 Å². The first-order valence-corrected chi connectivity index (χ1v) is 11.5. The van der Waals surface area contributed by atoms with Crippen molar-refractivity contribution < 1.29 is 24.5 Å². The Morgan fingerprint density at radius 1 is 1.06 bits per heavy atom. The van der Waals surface area contributed by atoms with Crippen LogP contribution in [-0.2, 0) is 4.79 Å². The molecule has 8 nitrogen and oxygen atoms in total. The molecule has 2 atom stereocenters. The van der Waals surface area contributed by atoms with Crippen LogP contribution >= 0.6 is 0 Å². The highest BCUT2D eigenvalue weighted by atomic mass is 16.5. The first kappa shape index (κ1) is 26.0. The van der Waals surface area contributed by atoms with Crippen LogP contribution in [0.15, 0.2) is 60.7 Å². The van der Waals surface area contributed by atoms with E-state index in [1.807, 2.05) is 70.2 Å². The first-order valence-electron chi connectivity index (χ1n) is 11.5. The quantitative estimate of drug-likeness (QED) is 0.422. The summed E-state index contributed by atoms with van der Waals surface area (Å²) in [7, 11) is 0. The van der Waals surface area contributed by atoms with Crippen molar-refractivity contribution in [3.63, 3.8) is 0 Å². The zero-order valence-electron chi connectivity index (χ0n) is 20.8. The van der Waals surface area contributed by atoms with Crippen molar-refractivity contribution in [2.24, 2.45) is 5.41 Å². The van der Waals surface area contributed by atoms with Crippen LogP contribution in [0.4, 0.5) is 0 Å². The minimum Gasteiger partial charge on any atom is -0.481 e. The number of para-hydroxylation sites is 1. The van der Waals surface area contributed by atoms with Gasteiger partial charge in [0.15, 0.2) is 5.69 Å². The molecule has 8 heteroatoms. The number of benzene rings is 2. The monoisotopic (exact) mass is 479 g/mol. The van der Waals surface area contributed by atoms with Gasteiger partial charge in [-0.2, -0.15) is 5.10 Å². The van der Waals surface area contributed by atoms with E-state index in [0.717, 1.165) is 11.1 Å². The number of hydrogen-bond acceptors (Lipinski definition) is 5. The Morgan fingerprint density at radius 2 is 1.69 bits per heavy atom. The topological polar surface area (TPSA) is 114 Å². The highest BCUT2D eigenvalue weighted by Gasteiger charge is 2.36. The summed E-state index contributed by atoms with van der Waals surface area (Å²) in [6.45, 7) is 9.30.